The van der Waals surface area contributed by atoms with E-state index in [1.165, 1.54) is 0 Å². The van der Waals surface area contributed by atoms with Gasteiger partial charge >= 0.3 is 0 Å². The largest absolute Gasteiger partial charge is 0.300 e. The predicted octanol–water partition coefficient (Wildman–Crippen LogP) is 2.88. The van der Waals surface area contributed by atoms with E-state index >= 15 is 0 Å². The summed E-state index contributed by atoms with van der Waals surface area (Å²) in [6, 6.07) is 0. The smallest absolute Gasteiger partial charge is 0.132 e. The van der Waals surface area contributed by atoms with Crippen LogP contribution in [0.3, 0.4) is 0 Å². The van der Waals surface area contributed by atoms with Crippen molar-refractivity contribution in [3.05, 3.63) is 24.3 Å². The van der Waals surface area contributed by atoms with E-state index in [4.69, 9.17) is 0 Å². The molecule has 0 spiro atoms. The molecular weight excluding hydrogens is 148 g/mol. The third-order valence-electron chi connectivity index (χ3n) is 2.26. The van der Waals surface area contributed by atoms with Gasteiger partial charge in [-0.1, -0.05) is 31.2 Å². The highest BCUT2D eigenvalue weighted by Crippen LogP contribution is 2.17. The Bertz CT molecular complexity index is 201. The zero-order valence-electron chi connectivity index (χ0n) is 7.62. The monoisotopic (exact) mass is 164 g/mol. The summed E-state index contributed by atoms with van der Waals surface area (Å²) in [5, 5.41) is 0. The third kappa shape index (κ3) is 3.04. The van der Waals surface area contributed by atoms with Crippen molar-refractivity contribution in [3.63, 3.8) is 0 Å². The first kappa shape index (κ1) is 9.24. The Labute approximate surface area is 74.2 Å². The summed E-state index contributed by atoms with van der Waals surface area (Å²) in [7, 11) is 0. The summed E-state index contributed by atoms with van der Waals surface area (Å²) in [5.41, 5.74) is 0. The summed E-state index contributed by atoms with van der Waals surface area (Å²) in [5.74, 6) is 0.989. The summed E-state index contributed by atoms with van der Waals surface area (Å²) in [6.45, 7) is 1.93. The van der Waals surface area contributed by atoms with Crippen LogP contribution in [0.1, 0.15) is 32.6 Å². The Kier molecular flexibility index (Phi) is 3.78. The lowest BCUT2D eigenvalue weighted by molar-refractivity contribution is -0.118. The van der Waals surface area contributed by atoms with E-state index in [9.17, 15) is 4.79 Å². The molecule has 0 fully saturated rings. The minimum atomic E-state index is 0.387. The van der Waals surface area contributed by atoms with Gasteiger partial charge in [0.25, 0.3) is 0 Å². The normalized spacial score (nSPS) is 21.2. The zero-order chi connectivity index (χ0) is 8.81. The first-order chi connectivity index (χ1) is 5.83. The molecule has 1 aliphatic carbocycles. The Morgan fingerprint density at radius 1 is 1.50 bits per heavy atom. The Morgan fingerprint density at radius 3 is 2.92 bits per heavy atom. The zero-order valence-corrected chi connectivity index (χ0v) is 7.62. The van der Waals surface area contributed by atoms with Crippen LogP contribution in [0.15, 0.2) is 24.3 Å². The topological polar surface area (TPSA) is 17.1 Å². The van der Waals surface area contributed by atoms with Crippen LogP contribution in [0.25, 0.3) is 0 Å². The van der Waals surface area contributed by atoms with Crippen LogP contribution in [0, 0.1) is 5.92 Å². The van der Waals surface area contributed by atoms with E-state index < -0.39 is 0 Å². The van der Waals surface area contributed by atoms with Crippen molar-refractivity contribution in [1.82, 2.24) is 0 Å². The van der Waals surface area contributed by atoms with E-state index in [0.29, 0.717) is 18.1 Å². The van der Waals surface area contributed by atoms with Gasteiger partial charge < -0.3 is 0 Å². The van der Waals surface area contributed by atoms with Crippen molar-refractivity contribution in [2.24, 2.45) is 5.92 Å². The second kappa shape index (κ2) is 4.91. The van der Waals surface area contributed by atoms with Crippen LogP contribution in [-0.4, -0.2) is 5.78 Å². The number of ketones is 1. The lowest BCUT2D eigenvalue weighted by Gasteiger charge is -2.11. The van der Waals surface area contributed by atoms with Gasteiger partial charge in [0.05, 0.1) is 0 Å². The van der Waals surface area contributed by atoms with Crippen LogP contribution in [0.5, 0.6) is 0 Å². The van der Waals surface area contributed by atoms with E-state index in [0.717, 1.165) is 19.3 Å². The molecule has 0 aromatic rings. The van der Waals surface area contributed by atoms with Crippen molar-refractivity contribution in [2.45, 2.75) is 32.6 Å². The van der Waals surface area contributed by atoms with Gasteiger partial charge in [-0.2, -0.15) is 0 Å². The van der Waals surface area contributed by atoms with Gasteiger partial charge in [-0.25, -0.2) is 0 Å². The number of hydrogen-bond donors (Lipinski definition) is 0. The Balaban J connectivity index is 2.19. The standard InChI is InChI=1S/C11H16O/c1-2-11(12)9-8-10-6-4-3-5-7-10/h3-6,10H,2,7-9H2,1H3. The highest BCUT2D eigenvalue weighted by atomic mass is 16.1. The van der Waals surface area contributed by atoms with E-state index in [1.807, 2.05) is 6.92 Å². The second-order valence-corrected chi connectivity index (χ2v) is 3.24. The van der Waals surface area contributed by atoms with Crippen molar-refractivity contribution in [1.29, 1.82) is 0 Å². The minimum Gasteiger partial charge on any atom is -0.300 e. The molecule has 0 aliphatic heterocycles. The lowest BCUT2D eigenvalue weighted by Crippen LogP contribution is -2.02. The summed E-state index contributed by atoms with van der Waals surface area (Å²) < 4.78 is 0. The molecule has 0 N–H and O–H groups in total. The summed E-state index contributed by atoms with van der Waals surface area (Å²) in [4.78, 5) is 11.0. The highest BCUT2D eigenvalue weighted by molar-refractivity contribution is 5.77. The molecule has 0 saturated carbocycles. The van der Waals surface area contributed by atoms with Crippen LogP contribution in [0.4, 0.5) is 0 Å². The molecule has 1 aliphatic rings. The number of allylic oxidation sites excluding steroid dienone is 4. The number of hydrogen-bond acceptors (Lipinski definition) is 1. The first-order valence-electron chi connectivity index (χ1n) is 4.68. The molecule has 0 heterocycles. The van der Waals surface area contributed by atoms with E-state index in [1.54, 1.807) is 0 Å². The molecule has 1 heteroatoms. The molecule has 0 saturated heterocycles. The van der Waals surface area contributed by atoms with Crippen LogP contribution < -0.4 is 0 Å². The average Bonchev–Trinajstić information content (AvgIpc) is 2.16. The average molecular weight is 164 g/mol. The summed E-state index contributed by atoms with van der Waals surface area (Å²) >= 11 is 0. The van der Waals surface area contributed by atoms with Crippen molar-refractivity contribution in [2.75, 3.05) is 0 Å². The predicted molar refractivity (Wildman–Crippen MR) is 50.9 cm³/mol. The van der Waals surface area contributed by atoms with Crippen molar-refractivity contribution in [3.8, 4) is 0 Å². The fraction of sp³-hybridized carbons (Fsp3) is 0.545. The number of carbonyl (C=O) groups is 1. The van der Waals surface area contributed by atoms with Gasteiger partial charge in [0, 0.05) is 12.8 Å². The molecule has 0 radical (unpaired) electrons. The van der Waals surface area contributed by atoms with Crippen LogP contribution in [-0.2, 0) is 4.79 Å². The number of Topliss-reactive ketones (excluding diaryl/α,β-unsaturated/α-hetero) is 1. The molecule has 1 nitrogen and oxygen atoms in total. The third-order valence-corrected chi connectivity index (χ3v) is 2.26. The van der Waals surface area contributed by atoms with Gasteiger partial charge in [-0.05, 0) is 18.8 Å². The fourth-order valence-electron chi connectivity index (χ4n) is 1.37. The molecule has 1 unspecified atom stereocenters. The molecule has 0 aromatic carbocycles. The summed E-state index contributed by atoms with van der Waals surface area (Å²) in [6.07, 6.45) is 12.1. The second-order valence-electron chi connectivity index (χ2n) is 3.24. The molecule has 0 amide bonds. The van der Waals surface area contributed by atoms with E-state index in [2.05, 4.69) is 24.3 Å². The SMILES string of the molecule is CCC(=O)CCC1C=CC=CC1. The molecule has 12 heavy (non-hydrogen) atoms. The van der Waals surface area contributed by atoms with Gasteiger partial charge in [0.1, 0.15) is 5.78 Å². The van der Waals surface area contributed by atoms with Gasteiger partial charge in [0.2, 0.25) is 0 Å². The Morgan fingerprint density at radius 2 is 2.33 bits per heavy atom. The molecule has 1 rings (SSSR count). The minimum absolute atomic E-state index is 0.387. The quantitative estimate of drug-likeness (QED) is 0.624. The molecule has 1 atom stereocenters. The maximum atomic E-state index is 11.0. The maximum absolute atomic E-state index is 11.0. The van der Waals surface area contributed by atoms with Crippen molar-refractivity contribution < 1.29 is 4.79 Å². The van der Waals surface area contributed by atoms with Crippen LogP contribution >= 0.6 is 0 Å². The molecule has 0 aromatic heterocycles. The molecule has 0 bridgehead atoms. The highest BCUT2D eigenvalue weighted by Gasteiger charge is 2.07. The van der Waals surface area contributed by atoms with Crippen molar-refractivity contribution >= 4 is 5.78 Å². The number of rotatable bonds is 4. The fourth-order valence-corrected chi connectivity index (χ4v) is 1.37. The first-order valence-corrected chi connectivity index (χ1v) is 4.68. The van der Waals surface area contributed by atoms with Gasteiger partial charge in [-0.3, -0.25) is 4.79 Å². The Hall–Kier alpha value is -0.850. The van der Waals surface area contributed by atoms with E-state index in [-0.39, 0.29) is 0 Å². The van der Waals surface area contributed by atoms with Gasteiger partial charge in [-0.15, -0.1) is 0 Å². The molecule has 66 valence electrons. The molecular formula is C11H16O. The van der Waals surface area contributed by atoms with Gasteiger partial charge in [0.15, 0.2) is 0 Å². The lowest BCUT2D eigenvalue weighted by atomic mass is 9.94. The maximum Gasteiger partial charge on any atom is 0.132 e. The van der Waals surface area contributed by atoms with Crippen LogP contribution in [0.2, 0.25) is 0 Å². The number of carbonyl (C=O) groups excluding carboxylic acids is 1.